The predicted octanol–water partition coefficient (Wildman–Crippen LogP) is 4.52. The summed E-state index contributed by atoms with van der Waals surface area (Å²) in [6, 6.07) is 1.88. The maximum atomic E-state index is 14.9. The second kappa shape index (κ2) is 6.04. The lowest BCUT2D eigenvalue weighted by molar-refractivity contribution is 0.0697. The van der Waals surface area contributed by atoms with Gasteiger partial charge < -0.3 is 9.63 Å². The number of hydrogen-bond acceptors (Lipinski definition) is 4. The van der Waals surface area contributed by atoms with Gasteiger partial charge in [0.15, 0.2) is 6.79 Å². The van der Waals surface area contributed by atoms with E-state index in [1.165, 1.54) is 0 Å². The molecule has 0 radical (unpaired) electrons. The second-order valence-electron chi connectivity index (χ2n) is 7.44. The van der Waals surface area contributed by atoms with E-state index in [1.54, 1.807) is 0 Å². The van der Waals surface area contributed by atoms with E-state index in [2.05, 4.69) is 20.8 Å². The van der Waals surface area contributed by atoms with Crippen LogP contribution in [0, 0.1) is 5.82 Å². The van der Waals surface area contributed by atoms with Crippen LogP contribution in [-0.4, -0.2) is 11.9 Å². The molecule has 0 saturated heterocycles. The summed E-state index contributed by atoms with van der Waals surface area (Å²) in [7, 11) is -1.69. The van der Waals surface area contributed by atoms with E-state index >= 15 is 0 Å². The van der Waals surface area contributed by atoms with Crippen molar-refractivity contribution in [3.05, 3.63) is 28.6 Å². The van der Waals surface area contributed by atoms with Crippen LogP contribution >= 0.6 is 8.60 Å². The van der Waals surface area contributed by atoms with E-state index in [1.807, 2.05) is 26.8 Å². The van der Waals surface area contributed by atoms with Crippen molar-refractivity contribution in [3.63, 3.8) is 0 Å². The molecule has 0 bridgehead atoms. The van der Waals surface area contributed by atoms with E-state index in [0.29, 0.717) is 16.9 Å². The molecule has 0 amide bonds. The average Bonchev–Trinajstić information content (AvgIpc) is 2.36. The summed E-state index contributed by atoms with van der Waals surface area (Å²) in [6.45, 7) is 11.7. The van der Waals surface area contributed by atoms with E-state index in [4.69, 9.17) is 18.7 Å². The Morgan fingerprint density at radius 3 is 2.27 bits per heavy atom. The molecular weight excluding hydrogens is 306 g/mol. The summed E-state index contributed by atoms with van der Waals surface area (Å²) in [5.41, 5.74) is 1.47. The highest BCUT2D eigenvalue weighted by Gasteiger charge is 2.35. The molecule has 1 heterocycles. The molecule has 1 atom stereocenters. The Morgan fingerprint density at radius 2 is 1.77 bits per heavy atom. The van der Waals surface area contributed by atoms with Crippen LogP contribution in [0.3, 0.4) is 0 Å². The molecular formula is C16H24FO4P. The van der Waals surface area contributed by atoms with Gasteiger partial charge in [-0.15, -0.1) is 0 Å². The lowest BCUT2D eigenvalue weighted by Crippen LogP contribution is -2.23. The molecule has 1 aromatic rings. The largest absolute Gasteiger partial charge is 0.426 e. The summed E-state index contributed by atoms with van der Waals surface area (Å²) < 4.78 is 31.0. The first-order chi connectivity index (χ1) is 10.1. The van der Waals surface area contributed by atoms with Crippen LogP contribution in [0.2, 0.25) is 0 Å². The fourth-order valence-electron chi connectivity index (χ4n) is 2.36. The molecule has 2 rings (SSSR count). The second-order valence-corrected chi connectivity index (χ2v) is 8.59. The number of aliphatic hydroxyl groups is 1. The minimum atomic E-state index is -1.69. The zero-order chi connectivity index (χ0) is 16.7. The van der Waals surface area contributed by atoms with Gasteiger partial charge in [-0.25, -0.2) is 4.39 Å². The highest BCUT2D eigenvalue weighted by Crippen LogP contribution is 2.52. The maximum Gasteiger partial charge on any atom is 0.399 e. The minimum absolute atomic E-state index is 0.0832. The molecule has 0 saturated carbocycles. The van der Waals surface area contributed by atoms with Crippen LogP contribution in [0.1, 0.15) is 58.2 Å². The van der Waals surface area contributed by atoms with Gasteiger partial charge in [0, 0.05) is 5.56 Å². The van der Waals surface area contributed by atoms with E-state index in [9.17, 15) is 4.39 Å². The Hall–Kier alpha value is -0.740. The van der Waals surface area contributed by atoms with Gasteiger partial charge >= 0.3 is 8.60 Å². The maximum absolute atomic E-state index is 14.9. The first-order valence-electron chi connectivity index (χ1n) is 7.27. The molecule has 4 nitrogen and oxygen atoms in total. The minimum Gasteiger partial charge on any atom is -0.426 e. The van der Waals surface area contributed by atoms with Gasteiger partial charge in [-0.1, -0.05) is 41.5 Å². The SMILES string of the molecule is CC(C)(C)c1cc(C(C)(C)C)c2c(c1F)COP(OCO)O2. The first kappa shape index (κ1) is 17.6. The fourth-order valence-corrected chi connectivity index (χ4v) is 3.23. The molecule has 6 heteroatoms. The lowest BCUT2D eigenvalue weighted by Gasteiger charge is -2.33. The molecule has 0 fully saturated rings. The number of aliphatic hydroxyl groups excluding tert-OH is 1. The van der Waals surface area contributed by atoms with Crippen molar-refractivity contribution >= 4 is 8.60 Å². The average molecular weight is 330 g/mol. The summed E-state index contributed by atoms with van der Waals surface area (Å²) in [4.78, 5) is 0. The Kier molecular flexibility index (Phi) is 4.84. The Morgan fingerprint density at radius 1 is 1.18 bits per heavy atom. The van der Waals surface area contributed by atoms with Crippen molar-refractivity contribution in [1.29, 1.82) is 0 Å². The number of hydrogen-bond donors (Lipinski definition) is 1. The third-order valence-electron chi connectivity index (χ3n) is 3.57. The Labute approximate surface area is 132 Å². The smallest absolute Gasteiger partial charge is 0.399 e. The number of halogens is 1. The molecule has 1 N–H and O–H groups in total. The fraction of sp³-hybridized carbons (Fsp3) is 0.625. The number of rotatable bonds is 2. The zero-order valence-electron chi connectivity index (χ0n) is 14.0. The van der Waals surface area contributed by atoms with Gasteiger partial charge in [-0.05, 0) is 22.5 Å². The molecule has 1 unspecified atom stereocenters. The van der Waals surface area contributed by atoms with Crippen molar-refractivity contribution in [2.45, 2.75) is 59.0 Å². The van der Waals surface area contributed by atoms with Gasteiger partial charge in [0.2, 0.25) is 0 Å². The normalized spacial score (nSPS) is 18.8. The lowest BCUT2D eigenvalue weighted by atomic mass is 9.78. The van der Waals surface area contributed by atoms with E-state index < -0.39 is 15.4 Å². The summed E-state index contributed by atoms with van der Waals surface area (Å²) >= 11 is 0. The van der Waals surface area contributed by atoms with Gasteiger partial charge in [0.05, 0.1) is 12.2 Å². The third kappa shape index (κ3) is 3.43. The van der Waals surface area contributed by atoms with Crippen LogP contribution in [0.15, 0.2) is 6.07 Å². The topological polar surface area (TPSA) is 47.9 Å². The number of fused-ring (bicyclic) bond motifs is 1. The van der Waals surface area contributed by atoms with Gasteiger partial charge in [0.1, 0.15) is 11.6 Å². The van der Waals surface area contributed by atoms with Crippen LogP contribution < -0.4 is 4.52 Å². The number of benzene rings is 1. The molecule has 22 heavy (non-hydrogen) atoms. The van der Waals surface area contributed by atoms with Crippen LogP contribution in [-0.2, 0) is 26.5 Å². The Bertz CT molecular complexity index is 561. The molecule has 0 aromatic heterocycles. The molecule has 0 aliphatic carbocycles. The van der Waals surface area contributed by atoms with Crippen molar-refractivity contribution in [3.8, 4) is 5.75 Å². The molecule has 1 aliphatic heterocycles. The van der Waals surface area contributed by atoms with Crippen LogP contribution in [0.25, 0.3) is 0 Å². The summed E-state index contributed by atoms with van der Waals surface area (Å²) in [6.07, 6.45) is 0. The first-order valence-corrected chi connectivity index (χ1v) is 8.36. The summed E-state index contributed by atoms with van der Waals surface area (Å²) in [5.74, 6) is 0.206. The van der Waals surface area contributed by atoms with E-state index in [-0.39, 0.29) is 23.3 Å². The molecule has 1 aliphatic rings. The standard InChI is InChI=1S/C16H24FO4P/c1-15(2,3)11-7-12(16(4,5)6)14-10(13(11)17)8-19-22(21-14)20-9-18/h7,18H,8-9H2,1-6H3. The quantitative estimate of drug-likeness (QED) is 0.640. The highest BCUT2D eigenvalue weighted by atomic mass is 31.2. The van der Waals surface area contributed by atoms with E-state index in [0.717, 1.165) is 5.56 Å². The van der Waals surface area contributed by atoms with Crippen molar-refractivity contribution in [1.82, 2.24) is 0 Å². The van der Waals surface area contributed by atoms with Gasteiger partial charge in [0.25, 0.3) is 0 Å². The van der Waals surface area contributed by atoms with Gasteiger partial charge in [-0.3, -0.25) is 9.05 Å². The van der Waals surface area contributed by atoms with Crippen molar-refractivity contribution in [2.75, 3.05) is 6.79 Å². The highest BCUT2D eigenvalue weighted by molar-refractivity contribution is 7.42. The zero-order valence-corrected chi connectivity index (χ0v) is 14.9. The summed E-state index contributed by atoms with van der Waals surface area (Å²) in [5, 5.41) is 8.86. The van der Waals surface area contributed by atoms with Crippen LogP contribution in [0.5, 0.6) is 5.75 Å². The third-order valence-corrected chi connectivity index (χ3v) is 4.57. The Balaban J connectivity index is 2.62. The predicted molar refractivity (Wildman–Crippen MR) is 84.3 cm³/mol. The van der Waals surface area contributed by atoms with Crippen molar-refractivity contribution in [2.24, 2.45) is 0 Å². The van der Waals surface area contributed by atoms with Crippen LogP contribution in [0.4, 0.5) is 4.39 Å². The molecule has 0 spiro atoms. The molecule has 124 valence electrons. The molecule has 1 aromatic carbocycles. The van der Waals surface area contributed by atoms with Gasteiger partial charge in [-0.2, -0.15) is 0 Å². The van der Waals surface area contributed by atoms with Crippen molar-refractivity contribution < 1.29 is 23.1 Å². The monoisotopic (exact) mass is 330 g/mol.